The highest BCUT2D eigenvalue weighted by molar-refractivity contribution is 6.30. The van der Waals surface area contributed by atoms with Gasteiger partial charge in [-0.15, -0.1) is 12.4 Å². The third kappa shape index (κ3) is 5.41. The van der Waals surface area contributed by atoms with E-state index in [0.29, 0.717) is 0 Å². The third-order valence-corrected chi connectivity index (χ3v) is 4.37. The maximum atomic E-state index is 6.35. The predicted molar refractivity (Wildman–Crippen MR) is 104 cm³/mol. The number of benzene rings is 2. The van der Waals surface area contributed by atoms with Gasteiger partial charge in [-0.25, -0.2) is 0 Å². The summed E-state index contributed by atoms with van der Waals surface area (Å²) in [7, 11) is 0. The van der Waals surface area contributed by atoms with Crippen LogP contribution in [0.3, 0.4) is 0 Å². The third-order valence-electron chi connectivity index (χ3n) is 4.15. The molecule has 1 unspecified atom stereocenters. The van der Waals surface area contributed by atoms with Crippen LogP contribution in [0.4, 0.5) is 0 Å². The molecule has 2 nitrogen and oxygen atoms in total. The lowest BCUT2D eigenvalue weighted by molar-refractivity contribution is 0.293. The van der Waals surface area contributed by atoms with Crippen LogP contribution in [0.2, 0.25) is 5.02 Å². The summed E-state index contributed by atoms with van der Waals surface area (Å²) in [5.74, 6) is 1.71. The highest BCUT2D eigenvalue weighted by Crippen LogP contribution is 2.34. The summed E-state index contributed by atoms with van der Waals surface area (Å²) >= 11 is 6.35. The van der Waals surface area contributed by atoms with E-state index in [1.54, 1.807) is 0 Å². The molecule has 0 spiro atoms. The zero-order valence-corrected chi connectivity index (χ0v) is 15.6. The van der Waals surface area contributed by atoms with Crippen molar-refractivity contribution < 1.29 is 4.74 Å². The minimum atomic E-state index is 0. The van der Waals surface area contributed by atoms with Gasteiger partial charge in [0.15, 0.2) is 0 Å². The molecule has 0 amide bonds. The molecule has 0 heterocycles. The van der Waals surface area contributed by atoms with Gasteiger partial charge in [-0.1, -0.05) is 41.9 Å². The van der Waals surface area contributed by atoms with E-state index in [9.17, 15) is 0 Å². The number of ether oxygens (including phenoxy) is 1. The van der Waals surface area contributed by atoms with E-state index in [1.807, 2.05) is 25.1 Å². The monoisotopic (exact) mass is 365 g/mol. The fourth-order valence-electron chi connectivity index (χ4n) is 2.83. The molecule has 0 bridgehead atoms. The van der Waals surface area contributed by atoms with Crippen molar-refractivity contribution >= 4 is 24.0 Å². The molecule has 1 fully saturated rings. The van der Waals surface area contributed by atoms with Crippen molar-refractivity contribution in [2.75, 3.05) is 6.61 Å². The van der Waals surface area contributed by atoms with Crippen molar-refractivity contribution in [2.45, 2.75) is 38.6 Å². The molecule has 0 aliphatic heterocycles. The van der Waals surface area contributed by atoms with E-state index in [4.69, 9.17) is 22.1 Å². The molecule has 0 saturated heterocycles. The first-order valence-corrected chi connectivity index (χ1v) is 8.73. The van der Waals surface area contributed by atoms with Crippen LogP contribution in [0.1, 0.15) is 36.5 Å². The summed E-state index contributed by atoms with van der Waals surface area (Å²) in [4.78, 5) is 0. The summed E-state index contributed by atoms with van der Waals surface area (Å²) in [5.41, 5.74) is 9.55. The van der Waals surface area contributed by atoms with Gasteiger partial charge in [-0.05, 0) is 55.4 Å². The largest absolute Gasteiger partial charge is 0.493 e. The minimum absolute atomic E-state index is 0. The Labute approximate surface area is 155 Å². The Morgan fingerprint density at radius 3 is 2.46 bits per heavy atom. The van der Waals surface area contributed by atoms with Crippen molar-refractivity contribution in [1.82, 2.24) is 0 Å². The second-order valence-electron chi connectivity index (χ2n) is 6.65. The van der Waals surface area contributed by atoms with Gasteiger partial charge < -0.3 is 10.5 Å². The normalized spacial score (nSPS) is 14.8. The average molecular weight is 366 g/mol. The fraction of sp³-hybridized carbons (Fsp3) is 0.400. The van der Waals surface area contributed by atoms with E-state index in [1.165, 1.54) is 18.4 Å². The van der Waals surface area contributed by atoms with Gasteiger partial charge in [0.05, 0.1) is 6.61 Å². The van der Waals surface area contributed by atoms with Gasteiger partial charge in [0.1, 0.15) is 5.75 Å². The Bertz CT molecular complexity index is 654. The molecule has 130 valence electrons. The van der Waals surface area contributed by atoms with Gasteiger partial charge in [-0.2, -0.15) is 0 Å². The molecule has 2 aromatic carbocycles. The average Bonchev–Trinajstić information content (AvgIpc) is 3.31. The topological polar surface area (TPSA) is 35.2 Å². The molecular weight excluding hydrogens is 341 g/mol. The summed E-state index contributed by atoms with van der Waals surface area (Å²) < 4.78 is 6.21. The van der Waals surface area contributed by atoms with Crippen LogP contribution in [0.5, 0.6) is 5.75 Å². The van der Waals surface area contributed by atoms with Crippen molar-refractivity contribution in [1.29, 1.82) is 0 Å². The van der Waals surface area contributed by atoms with Gasteiger partial charge in [-0.3, -0.25) is 0 Å². The van der Waals surface area contributed by atoms with Crippen molar-refractivity contribution in [2.24, 2.45) is 11.7 Å². The van der Waals surface area contributed by atoms with E-state index >= 15 is 0 Å². The lowest BCUT2D eigenvalue weighted by atomic mass is 9.98. The van der Waals surface area contributed by atoms with E-state index < -0.39 is 0 Å². The Balaban J connectivity index is 0.00000208. The molecule has 24 heavy (non-hydrogen) atoms. The molecule has 2 aromatic rings. The molecule has 2 N–H and O–H groups in total. The lowest BCUT2D eigenvalue weighted by Gasteiger charge is -2.18. The zero-order valence-electron chi connectivity index (χ0n) is 14.0. The number of nitrogens with two attached hydrogens (primary N) is 1. The van der Waals surface area contributed by atoms with Gasteiger partial charge >= 0.3 is 0 Å². The number of hydrogen-bond acceptors (Lipinski definition) is 2. The summed E-state index contributed by atoms with van der Waals surface area (Å²) in [6.45, 7) is 2.82. The van der Waals surface area contributed by atoms with Gasteiger partial charge in [0.2, 0.25) is 0 Å². The SMILES string of the molecule is CC(N)Cc1cc(Cl)cc(Cc2ccccc2)c1OCC1CC1.Cl. The number of hydrogen-bond donors (Lipinski definition) is 1. The molecular formula is C20H25Cl2NO. The standard InChI is InChI=1S/C20H24ClNO.ClH/c1-14(22)9-17-11-19(21)12-18(10-15-5-3-2-4-6-15)20(17)23-13-16-7-8-16;/h2-6,11-12,14,16H,7-10,13,22H2,1H3;1H. The number of rotatable bonds is 7. The minimum Gasteiger partial charge on any atom is -0.493 e. The summed E-state index contributed by atoms with van der Waals surface area (Å²) in [5, 5.41) is 0.755. The molecule has 0 radical (unpaired) electrons. The highest BCUT2D eigenvalue weighted by Gasteiger charge is 2.23. The zero-order chi connectivity index (χ0) is 16.2. The number of halogens is 2. The van der Waals surface area contributed by atoms with Crippen LogP contribution in [0, 0.1) is 5.92 Å². The van der Waals surface area contributed by atoms with Gasteiger partial charge in [0.25, 0.3) is 0 Å². The van der Waals surface area contributed by atoms with Crippen LogP contribution in [-0.2, 0) is 12.8 Å². The molecule has 1 atom stereocenters. The summed E-state index contributed by atoms with van der Waals surface area (Å²) in [6, 6.07) is 14.5. The Morgan fingerprint density at radius 1 is 1.17 bits per heavy atom. The first kappa shape index (κ1) is 19.1. The Morgan fingerprint density at radius 2 is 1.83 bits per heavy atom. The second-order valence-corrected chi connectivity index (χ2v) is 7.09. The smallest absolute Gasteiger partial charge is 0.126 e. The first-order valence-electron chi connectivity index (χ1n) is 8.35. The van der Waals surface area contributed by atoms with Crippen LogP contribution >= 0.6 is 24.0 Å². The molecule has 1 saturated carbocycles. The van der Waals surface area contributed by atoms with E-state index in [0.717, 1.165) is 47.3 Å². The summed E-state index contributed by atoms with van der Waals surface area (Å²) in [6.07, 6.45) is 4.17. The van der Waals surface area contributed by atoms with E-state index in [-0.39, 0.29) is 18.4 Å². The van der Waals surface area contributed by atoms with Gasteiger partial charge in [0, 0.05) is 23.0 Å². The Kier molecular flexibility index (Phi) is 6.97. The lowest BCUT2D eigenvalue weighted by Crippen LogP contribution is -2.19. The van der Waals surface area contributed by atoms with Crippen LogP contribution in [-0.4, -0.2) is 12.6 Å². The molecule has 3 rings (SSSR count). The van der Waals surface area contributed by atoms with Crippen molar-refractivity contribution in [3.63, 3.8) is 0 Å². The maximum Gasteiger partial charge on any atom is 0.126 e. The van der Waals surface area contributed by atoms with Crippen molar-refractivity contribution in [3.8, 4) is 5.75 Å². The van der Waals surface area contributed by atoms with Crippen LogP contribution in [0.15, 0.2) is 42.5 Å². The quantitative estimate of drug-likeness (QED) is 0.746. The molecule has 4 heteroatoms. The second kappa shape index (κ2) is 8.75. The molecule has 0 aromatic heterocycles. The molecule has 1 aliphatic carbocycles. The van der Waals surface area contributed by atoms with Crippen LogP contribution in [0.25, 0.3) is 0 Å². The van der Waals surface area contributed by atoms with E-state index in [2.05, 4.69) is 24.3 Å². The highest BCUT2D eigenvalue weighted by atomic mass is 35.5. The first-order chi connectivity index (χ1) is 11.1. The van der Waals surface area contributed by atoms with Crippen molar-refractivity contribution in [3.05, 3.63) is 64.2 Å². The fourth-order valence-corrected chi connectivity index (χ4v) is 3.09. The maximum absolute atomic E-state index is 6.35. The van der Waals surface area contributed by atoms with Crippen LogP contribution < -0.4 is 10.5 Å². The molecule has 1 aliphatic rings. The Hall–Kier alpha value is -1.22. The predicted octanol–water partition coefficient (Wildman–Crippen LogP) is 5.03.